The normalized spacial score (nSPS) is 19.1. The zero-order chi connectivity index (χ0) is 16.0. The van der Waals surface area contributed by atoms with Gasteiger partial charge in [-0.3, -0.25) is 4.79 Å². The first-order valence-electron chi connectivity index (χ1n) is 7.27. The van der Waals surface area contributed by atoms with Crippen LogP contribution in [0, 0.1) is 0 Å². The van der Waals surface area contributed by atoms with E-state index in [0.717, 1.165) is 22.3 Å². The molecule has 2 aliphatic rings. The van der Waals surface area contributed by atoms with Crippen LogP contribution in [0.3, 0.4) is 0 Å². The first-order chi connectivity index (χ1) is 11.1. The number of benzene rings is 1. The van der Waals surface area contributed by atoms with Crippen LogP contribution >= 0.6 is 11.8 Å². The number of carbonyl (C=O) groups excluding carboxylic acids is 1. The van der Waals surface area contributed by atoms with Crippen LogP contribution in [0.15, 0.2) is 40.6 Å². The minimum Gasteiger partial charge on any atom is -0.306 e. The maximum atomic E-state index is 12.4. The standard InChI is InChI=1S/C14H14N4O3S2/c19-13-11-3-1-2-4-12(11)23(20,21)18(13)7-8-22-14-16-15-9-17(14)10-5-6-10/h1-4,9-10H,5-8H2. The average Bonchev–Trinajstić information content (AvgIpc) is 3.25. The molecule has 0 saturated heterocycles. The van der Waals surface area contributed by atoms with Gasteiger partial charge in [0.2, 0.25) is 0 Å². The van der Waals surface area contributed by atoms with Crippen LogP contribution in [0.1, 0.15) is 29.2 Å². The van der Waals surface area contributed by atoms with Gasteiger partial charge in [-0.1, -0.05) is 23.9 Å². The van der Waals surface area contributed by atoms with Crippen molar-refractivity contribution in [2.45, 2.75) is 28.9 Å². The van der Waals surface area contributed by atoms with Gasteiger partial charge in [0.25, 0.3) is 15.9 Å². The summed E-state index contributed by atoms with van der Waals surface area (Å²) in [6.45, 7) is 0.123. The van der Waals surface area contributed by atoms with Crippen LogP contribution in [-0.4, -0.2) is 45.7 Å². The fourth-order valence-electron chi connectivity index (χ4n) is 2.61. The summed E-state index contributed by atoms with van der Waals surface area (Å²) < 4.78 is 27.8. The predicted octanol–water partition coefficient (Wildman–Crippen LogP) is 1.55. The highest BCUT2D eigenvalue weighted by atomic mass is 32.2. The van der Waals surface area contributed by atoms with Crippen molar-refractivity contribution >= 4 is 27.7 Å². The molecule has 0 radical (unpaired) electrons. The minimum atomic E-state index is -3.72. The number of aromatic nitrogens is 3. The monoisotopic (exact) mass is 350 g/mol. The summed E-state index contributed by atoms with van der Waals surface area (Å²) >= 11 is 1.42. The van der Waals surface area contributed by atoms with E-state index in [1.54, 1.807) is 24.5 Å². The Labute approximate surface area is 137 Å². The summed E-state index contributed by atoms with van der Waals surface area (Å²) in [7, 11) is -3.72. The Balaban J connectivity index is 1.47. The second-order valence-electron chi connectivity index (χ2n) is 5.48. The van der Waals surface area contributed by atoms with E-state index in [4.69, 9.17) is 0 Å². The molecule has 2 heterocycles. The summed E-state index contributed by atoms with van der Waals surface area (Å²) in [5.74, 6) is -0.00505. The maximum absolute atomic E-state index is 12.4. The second kappa shape index (κ2) is 5.34. The SMILES string of the molecule is O=C1c2ccccc2S(=O)(=O)N1CCSc1nncn1C1CC1. The van der Waals surface area contributed by atoms with Crippen LogP contribution in [0.5, 0.6) is 0 Å². The molecule has 120 valence electrons. The summed E-state index contributed by atoms with van der Waals surface area (Å²) in [5, 5.41) is 8.73. The molecule has 2 aromatic rings. The number of carbonyl (C=O) groups is 1. The van der Waals surface area contributed by atoms with Crippen molar-refractivity contribution in [3.05, 3.63) is 36.2 Å². The van der Waals surface area contributed by atoms with Crippen LogP contribution in [0.2, 0.25) is 0 Å². The molecule has 0 spiro atoms. The van der Waals surface area contributed by atoms with Crippen LogP contribution in [0.4, 0.5) is 0 Å². The van der Waals surface area contributed by atoms with Crippen molar-refractivity contribution in [3.63, 3.8) is 0 Å². The van der Waals surface area contributed by atoms with E-state index >= 15 is 0 Å². The summed E-state index contributed by atoms with van der Waals surface area (Å²) in [5.41, 5.74) is 0.249. The molecule has 1 fully saturated rings. The quantitative estimate of drug-likeness (QED) is 0.761. The molecule has 1 amide bonds. The topological polar surface area (TPSA) is 85.2 Å². The third-order valence-electron chi connectivity index (χ3n) is 3.92. The van der Waals surface area contributed by atoms with Crippen LogP contribution < -0.4 is 0 Å². The Morgan fingerprint density at radius 2 is 2.04 bits per heavy atom. The van der Waals surface area contributed by atoms with Crippen molar-refractivity contribution in [1.29, 1.82) is 0 Å². The number of thioether (sulfide) groups is 1. The average molecular weight is 350 g/mol. The van der Waals surface area contributed by atoms with E-state index in [1.165, 1.54) is 17.8 Å². The molecular formula is C14H14N4O3S2. The van der Waals surface area contributed by atoms with Gasteiger partial charge >= 0.3 is 0 Å². The minimum absolute atomic E-state index is 0.0937. The van der Waals surface area contributed by atoms with Gasteiger partial charge in [0.1, 0.15) is 11.2 Å². The maximum Gasteiger partial charge on any atom is 0.269 e. The van der Waals surface area contributed by atoms with Gasteiger partial charge in [0.05, 0.1) is 5.56 Å². The zero-order valence-electron chi connectivity index (χ0n) is 12.1. The van der Waals surface area contributed by atoms with Gasteiger partial charge in [-0.15, -0.1) is 10.2 Å². The fourth-order valence-corrected chi connectivity index (χ4v) is 5.20. The smallest absolute Gasteiger partial charge is 0.269 e. The third kappa shape index (κ3) is 2.43. The number of rotatable bonds is 5. The Bertz CT molecular complexity index is 874. The van der Waals surface area contributed by atoms with E-state index in [1.807, 2.05) is 4.57 Å². The van der Waals surface area contributed by atoms with Gasteiger partial charge in [-0.2, -0.15) is 0 Å². The highest BCUT2D eigenvalue weighted by Crippen LogP contribution is 2.37. The zero-order valence-corrected chi connectivity index (χ0v) is 13.8. The van der Waals surface area contributed by atoms with E-state index in [9.17, 15) is 13.2 Å². The van der Waals surface area contributed by atoms with E-state index in [0.29, 0.717) is 11.8 Å². The Hall–Kier alpha value is -1.87. The highest BCUT2D eigenvalue weighted by molar-refractivity contribution is 7.99. The Morgan fingerprint density at radius 3 is 2.78 bits per heavy atom. The molecule has 1 aromatic carbocycles. The number of amides is 1. The van der Waals surface area contributed by atoms with Crippen LogP contribution in [0.25, 0.3) is 0 Å². The molecule has 7 nitrogen and oxygen atoms in total. The third-order valence-corrected chi connectivity index (χ3v) is 6.70. The number of hydrogen-bond donors (Lipinski definition) is 0. The second-order valence-corrected chi connectivity index (χ2v) is 8.37. The summed E-state index contributed by atoms with van der Waals surface area (Å²) in [4.78, 5) is 12.4. The predicted molar refractivity (Wildman–Crippen MR) is 83.7 cm³/mol. The number of sulfonamides is 1. The van der Waals surface area contributed by atoms with Crippen molar-refractivity contribution < 1.29 is 13.2 Å². The van der Waals surface area contributed by atoms with Gasteiger partial charge in [0, 0.05) is 18.3 Å². The van der Waals surface area contributed by atoms with Crippen LogP contribution in [-0.2, 0) is 10.0 Å². The molecule has 1 aliphatic heterocycles. The van der Waals surface area contributed by atoms with Gasteiger partial charge in [-0.25, -0.2) is 12.7 Å². The molecule has 4 rings (SSSR count). The Kier molecular flexibility index (Phi) is 3.42. The van der Waals surface area contributed by atoms with Gasteiger partial charge in [-0.05, 0) is 25.0 Å². The molecule has 9 heteroatoms. The van der Waals surface area contributed by atoms with Crippen molar-refractivity contribution in [2.75, 3.05) is 12.3 Å². The number of hydrogen-bond acceptors (Lipinski definition) is 6. The first-order valence-corrected chi connectivity index (χ1v) is 9.70. The first kappa shape index (κ1) is 14.7. The van der Waals surface area contributed by atoms with E-state index in [-0.39, 0.29) is 17.0 Å². The van der Waals surface area contributed by atoms with Crippen molar-refractivity contribution in [2.24, 2.45) is 0 Å². The van der Waals surface area contributed by atoms with Gasteiger partial charge < -0.3 is 4.57 Å². The molecule has 1 aliphatic carbocycles. The van der Waals surface area contributed by atoms with E-state index in [2.05, 4.69) is 10.2 Å². The molecule has 0 unspecified atom stereocenters. The number of fused-ring (bicyclic) bond motifs is 1. The summed E-state index contributed by atoms with van der Waals surface area (Å²) in [6.07, 6.45) is 3.95. The Morgan fingerprint density at radius 1 is 1.26 bits per heavy atom. The lowest BCUT2D eigenvalue weighted by molar-refractivity contribution is 0.0876. The van der Waals surface area contributed by atoms with Crippen molar-refractivity contribution in [3.8, 4) is 0 Å². The molecule has 1 aromatic heterocycles. The molecule has 0 bridgehead atoms. The lowest BCUT2D eigenvalue weighted by Crippen LogP contribution is -2.32. The summed E-state index contributed by atoms with van der Waals surface area (Å²) in [6, 6.07) is 6.78. The molecule has 0 atom stereocenters. The van der Waals surface area contributed by atoms with Gasteiger partial charge in [0.15, 0.2) is 5.16 Å². The van der Waals surface area contributed by atoms with E-state index < -0.39 is 15.9 Å². The molecular weight excluding hydrogens is 336 g/mol. The lowest BCUT2D eigenvalue weighted by Gasteiger charge is -2.14. The number of nitrogens with zero attached hydrogens (tertiary/aromatic N) is 4. The molecule has 1 saturated carbocycles. The molecule has 0 N–H and O–H groups in total. The van der Waals surface area contributed by atoms with Crippen molar-refractivity contribution in [1.82, 2.24) is 19.1 Å². The lowest BCUT2D eigenvalue weighted by atomic mass is 10.2. The highest BCUT2D eigenvalue weighted by Gasteiger charge is 2.40. The largest absolute Gasteiger partial charge is 0.306 e. The molecule has 23 heavy (non-hydrogen) atoms. The fraction of sp³-hybridized carbons (Fsp3) is 0.357.